The number of thioether (sulfide) groups is 1. The normalized spacial score (nSPS) is 16.6. The molecule has 1 aromatic carbocycles. The number of nitrogens with one attached hydrogen (secondary N) is 1. The maximum Gasteiger partial charge on any atom is 0.329 e. The summed E-state index contributed by atoms with van der Waals surface area (Å²) in [5.41, 5.74) is 1.36. The molecule has 0 spiro atoms. The van der Waals surface area contributed by atoms with E-state index in [-0.39, 0.29) is 5.91 Å². The van der Waals surface area contributed by atoms with Crippen molar-refractivity contribution < 1.29 is 14.7 Å². The predicted octanol–water partition coefficient (Wildman–Crippen LogP) is 2.74. The molecular formula is C16H21NO3S. The SMILES string of the molecule is Cc1ccc(CSCC(=O)NC2(C(=O)O)CCCC2)cc1. The average Bonchev–Trinajstić information content (AvgIpc) is 2.91. The second-order valence-corrected chi connectivity index (χ2v) is 6.61. The van der Waals surface area contributed by atoms with E-state index in [9.17, 15) is 14.7 Å². The summed E-state index contributed by atoms with van der Waals surface area (Å²) < 4.78 is 0. The highest BCUT2D eigenvalue weighted by molar-refractivity contribution is 7.99. The van der Waals surface area contributed by atoms with E-state index in [1.807, 2.05) is 19.1 Å². The first-order valence-corrected chi connectivity index (χ1v) is 8.35. The van der Waals surface area contributed by atoms with Gasteiger partial charge in [0.05, 0.1) is 5.75 Å². The highest BCUT2D eigenvalue weighted by Gasteiger charge is 2.42. The second-order valence-electron chi connectivity index (χ2n) is 5.62. The molecule has 2 N–H and O–H groups in total. The Labute approximate surface area is 129 Å². The van der Waals surface area contributed by atoms with E-state index in [0.29, 0.717) is 18.6 Å². The van der Waals surface area contributed by atoms with Crippen LogP contribution in [0.25, 0.3) is 0 Å². The largest absolute Gasteiger partial charge is 0.480 e. The Hall–Kier alpha value is -1.49. The molecule has 0 bridgehead atoms. The molecule has 21 heavy (non-hydrogen) atoms. The number of amides is 1. The van der Waals surface area contributed by atoms with Crippen LogP contribution < -0.4 is 5.32 Å². The van der Waals surface area contributed by atoms with Crippen LogP contribution in [0.4, 0.5) is 0 Å². The van der Waals surface area contributed by atoms with Gasteiger partial charge in [-0.25, -0.2) is 4.79 Å². The van der Waals surface area contributed by atoms with Crippen molar-refractivity contribution in [1.82, 2.24) is 5.32 Å². The zero-order chi connectivity index (χ0) is 15.3. The van der Waals surface area contributed by atoms with E-state index in [2.05, 4.69) is 17.4 Å². The Morgan fingerprint density at radius 1 is 1.24 bits per heavy atom. The van der Waals surface area contributed by atoms with Crippen LogP contribution in [0.3, 0.4) is 0 Å². The van der Waals surface area contributed by atoms with Gasteiger partial charge in [-0.1, -0.05) is 42.7 Å². The van der Waals surface area contributed by atoms with Gasteiger partial charge < -0.3 is 10.4 Å². The van der Waals surface area contributed by atoms with Gasteiger partial charge in [-0.15, -0.1) is 11.8 Å². The lowest BCUT2D eigenvalue weighted by atomic mass is 9.98. The number of carbonyl (C=O) groups excluding carboxylic acids is 1. The highest BCUT2D eigenvalue weighted by Crippen LogP contribution is 2.30. The molecule has 1 aliphatic carbocycles. The maximum atomic E-state index is 12.0. The van der Waals surface area contributed by atoms with Crippen LogP contribution in [-0.2, 0) is 15.3 Å². The molecule has 0 aliphatic heterocycles. The van der Waals surface area contributed by atoms with Gasteiger partial charge in [-0.3, -0.25) is 4.79 Å². The lowest BCUT2D eigenvalue weighted by molar-refractivity contribution is -0.147. The average molecular weight is 307 g/mol. The van der Waals surface area contributed by atoms with Gasteiger partial charge >= 0.3 is 5.97 Å². The predicted molar refractivity (Wildman–Crippen MR) is 84.3 cm³/mol. The summed E-state index contributed by atoms with van der Waals surface area (Å²) in [5, 5.41) is 12.0. The first kappa shape index (κ1) is 15.9. The fourth-order valence-corrected chi connectivity index (χ4v) is 3.41. The fraction of sp³-hybridized carbons (Fsp3) is 0.500. The Balaban J connectivity index is 1.79. The smallest absolute Gasteiger partial charge is 0.329 e. The van der Waals surface area contributed by atoms with Crippen LogP contribution in [0.1, 0.15) is 36.8 Å². The Kier molecular flexibility index (Phi) is 5.28. The van der Waals surface area contributed by atoms with Gasteiger partial charge in [0.15, 0.2) is 0 Å². The van der Waals surface area contributed by atoms with E-state index in [0.717, 1.165) is 18.6 Å². The molecule has 1 saturated carbocycles. The number of aliphatic carboxylic acids is 1. The molecule has 1 fully saturated rings. The summed E-state index contributed by atoms with van der Waals surface area (Å²) in [5.74, 6) is -0.0373. The van der Waals surface area contributed by atoms with Crippen molar-refractivity contribution in [2.75, 3.05) is 5.75 Å². The minimum Gasteiger partial charge on any atom is -0.480 e. The summed E-state index contributed by atoms with van der Waals surface area (Å²) in [7, 11) is 0. The molecule has 114 valence electrons. The van der Waals surface area contributed by atoms with Crippen molar-refractivity contribution in [3.63, 3.8) is 0 Å². The molecular weight excluding hydrogens is 286 g/mol. The minimum absolute atomic E-state index is 0.184. The van der Waals surface area contributed by atoms with E-state index < -0.39 is 11.5 Å². The lowest BCUT2D eigenvalue weighted by Crippen LogP contribution is -2.53. The first-order chi connectivity index (χ1) is 10.0. The Morgan fingerprint density at radius 3 is 2.43 bits per heavy atom. The number of hydrogen-bond acceptors (Lipinski definition) is 3. The third-order valence-electron chi connectivity index (χ3n) is 3.87. The summed E-state index contributed by atoms with van der Waals surface area (Å²) in [6.45, 7) is 2.04. The van der Waals surface area contributed by atoms with Gasteiger partial charge in [-0.05, 0) is 25.3 Å². The monoisotopic (exact) mass is 307 g/mol. The topological polar surface area (TPSA) is 66.4 Å². The zero-order valence-electron chi connectivity index (χ0n) is 12.2. The van der Waals surface area contributed by atoms with Crippen LogP contribution in [0.2, 0.25) is 0 Å². The van der Waals surface area contributed by atoms with Gasteiger partial charge in [-0.2, -0.15) is 0 Å². The van der Waals surface area contributed by atoms with E-state index in [4.69, 9.17) is 0 Å². The van der Waals surface area contributed by atoms with E-state index in [1.165, 1.54) is 22.9 Å². The van der Waals surface area contributed by atoms with Crippen LogP contribution in [0.5, 0.6) is 0 Å². The lowest BCUT2D eigenvalue weighted by Gasteiger charge is -2.25. The molecule has 0 unspecified atom stereocenters. The number of carbonyl (C=O) groups is 2. The number of hydrogen-bond donors (Lipinski definition) is 2. The first-order valence-electron chi connectivity index (χ1n) is 7.19. The number of rotatable bonds is 6. The Bertz CT molecular complexity index is 507. The van der Waals surface area contributed by atoms with Crippen molar-refractivity contribution >= 4 is 23.6 Å². The standard InChI is InChI=1S/C16H21NO3S/c1-12-4-6-13(7-5-12)10-21-11-14(18)17-16(15(19)20)8-2-3-9-16/h4-7H,2-3,8-11H2,1H3,(H,17,18)(H,19,20). The molecule has 1 amide bonds. The zero-order valence-corrected chi connectivity index (χ0v) is 13.0. The highest BCUT2D eigenvalue weighted by atomic mass is 32.2. The number of benzene rings is 1. The van der Waals surface area contributed by atoms with Crippen LogP contribution in [0.15, 0.2) is 24.3 Å². The summed E-state index contributed by atoms with van der Waals surface area (Å²) in [6, 6.07) is 8.20. The molecule has 5 heteroatoms. The number of carboxylic acids is 1. The minimum atomic E-state index is -1.03. The van der Waals surface area contributed by atoms with Gasteiger partial charge in [0.1, 0.15) is 5.54 Å². The van der Waals surface area contributed by atoms with Crippen LogP contribution >= 0.6 is 11.8 Å². The molecule has 0 radical (unpaired) electrons. The molecule has 1 aromatic rings. The van der Waals surface area contributed by atoms with Crippen molar-refractivity contribution in [1.29, 1.82) is 0 Å². The summed E-state index contributed by atoms with van der Waals surface area (Å²) in [4.78, 5) is 23.3. The third-order valence-corrected chi connectivity index (χ3v) is 4.87. The summed E-state index contributed by atoms with van der Waals surface area (Å²) in [6.07, 6.45) is 2.81. The van der Waals surface area contributed by atoms with E-state index >= 15 is 0 Å². The second kappa shape index (κ2) is 6.98. The number of carboxylic acid groups (broad SMARTS) is 1. The fourth-order valence-electron chi connectivity index (χ4n) is 2.62. The van der Waals surface area contributed by atoms with Crippen LogP contribution in [0, 0.1) is 6.92 Å². The molecule has 2 rings (SSSR count). The molecule has 0 heterocycles. The van der Waals surface area contributed by atoms with E-state index in [1.54, 1.807) is 0 Å². The van der Waals surface area contributed by atoms with Crippen molar-refractivity contribution in [2.45, 2.75) is 43.9 Å². The quantitative estimate of drug-likeness (QED) is 0.848. The summed E-state index contributed by atoms with van der Waals surface area (Å²) >= 11 is 1.51. The maximum absolute atomic E-state index is 12.0. The van der Waals surface area contributed by atoms with Gasteiger partial charge in [0.25, 0.3) is 0 Å². The van der Waals surface area contributed by atoms with Crippen LogP contribution in [-0.4, -0.2) is 28.3 Å². The molecule has 4 nitrogen and oxygen atoms in total. The van der Waals surface area contributed by atoms with Crippen molar-refractivity contribution in [2.24, 2.45) is 0 Å². The molecule has 0 aromatic heterocycles. The van der Waals surface area contributed by atoms with Gasteiger partial charge in [0, 0.05) is 5.75 Å². The van der Waals surface area contributed by atoms with Gasteiger partial charge in [0.2, 0.25) is 5.91 Å². The number of aryl methyl sites for hydroxylation is 1. The molecule has 0 atom stereocenters. The van der Waals surface area contributed by atoms with Crippen molar-refractivity contribution in [3.05, 3.63) is 35.4 Å². The molecule has 0 saturated heterocycles. The third kappa shape index (κ3) is 4.24. The molecule has 1 aliphatic rings. The Morgan fingerprint density at radius 2 is 1.86 bits per heavy atom. The van der Waals surface area contributed by atoms with Crippen molar-refractivity contribution in [3.8, 4) is 0 Å².